The average Bonchev–Trinajstić information content (AvgIpc) is 2.67. The van der Waals surface area contributed by atoms with Gasteiger partial charge in [0.25, 0.3) is 0 Å². The van der Waals surface area contributed by atoms with Crippen LogP contribution in [0.25, 0.3) is 0 Å². The van der Waals surface area contributed by atoms with Gasteiger partial charge < -0.3 is 14.7 Å². The smallest absolute Gasteiger partial charge is 0.475 e. The van der Waals surface area contributed by atoms with Crippen LogP contribution in [0.2, 0.25) is 5.02 Å². The first-order chi connectivity index (χ1) is 14.5. The maximum atomic E-state index is 12.5. The van der Waals surface area contributed by atoms with Gasteiger partial charge in [-0.15, -0.1) is 0 Å². The van der Waals surface area contributed by atoms with Gasteiger partial charge in [0.15, 0.2) is 0 Å². The predicted octanol–water partition coefficient (Wildman–Crippen LogP) is 3.48. The maximum absolute atomic E-state index is 12.5. The molecule has 1 unspecified atom stereocenters. The molecule has 1 spiro atoms. The molecule has 6 nitrogen and oxygen atoms in total. The fourth-order valence-electron chi connectivity index (χ4n) is 4.10. The monoisotopic (exact) mass is 464 g/mol. The fraction of sp³-hybridized carbons (Fsp3) is 0.619. The number of carbonyl (C=O) groups excluding carboxylic acids is 1. The van der Waals surface area contributed by atoms with Crippen molar-refractivity contribution in [2.75, 3.05) is 40.4 Å². The highest BCUT2D eigenvalue weighted by Gasteiger charge is 2.50. The third kappa shape index (κ3) is 6.82. The summed E-state index contributed by atoms with van der Waals surface area (Å²) in [5, 5.41) is 7.87. The molecular formula is C21H28ClF3N2O4. The Morgan fingerprint density at radius 2 is 1.90 bits per heavy atom. The summed E-state index contributed by atoms with van der Waals surface area (Å²) in [7, 11) is 3.96. The number of hydrogen-bond donors (Lipinski definition) is 1. The van der Waals surface area contributed by atoms with E-state index in [1.807, 2.05) is 29.2 Å². The van der Waals surface area contributed by atoms with E-state index in [-0.39, 0.29) is 11.4 Å². The van der Waals surface area contributed by atoms with E-state index in [0.717, 1.165) is 43.2 Å². The molecule has 0 bridgehead atoms. The minimum Gasteiger partial charge on any atom is -0.475 e. The summed E-state index contributed by atoms with van der Waals surface area (Å²) in [6, 6.07) is 7.77. The van der Waals surface area contributed by atoms with E-state index in [0.29, 0.717) is 18.8 Å². The Morgan fingerprint density at radius 1 is 1.29 bits per heavy atom. The number of alkyl halides is 3. The van der Waals surface area contributed by atoms with E-state index in [9.17, 15) is 18.0 Å². The summed E-state index contributed by atoms with van der Waals surface area (Å²) < 4.78 is 37.1. The third-order valence-electron chi connectivity index (χ3n) is 5.89. The normalized spacial score (nSPS) is 20.6. The van der Waals surface area contributed by atoms with Gasteiger partial charge in [-0.3, -0.25) is 9.69 Å². The van der Waals surface area contributed by atoms with Crippen molar-refractivity contribution in [3.63, 3.8) is 0 Å². The van der Waals surface area contributed by atoms with Crippen LogP contribution < -0.4 is 0 Å². The summed E-state index contributed by atoms with van der Waals surface area (Å²) in [5.74, 6) is -1.90. The second-order valence-corrected chi connectivity index (χ2v) is 8.51. The number of carbonyl (C=O) groups is 2. The molecule has 1 aromatic carbocycles. The highest BCUT2D eigenvalue weighted by Crippen LogP contribution is 2.38. The molecular weight excluding hydrogens is 437 g/mol. The zero-order valence-corrected chi connectivity index (χ0v) is 18.4. The molecule has 2 aliphatic rings. The van der Waals surface area contributed by atoms with E-state index in [1.54, 1.807) is 7.11 Å². The molecule has 0 aliphatic carbocycles. The number of likely N-dealkylation sites (tertiary alicyclic amines) is 2. The lowest BCUT2D eigenvalue weighted by Gasteiger charge is -2.58. The lowest BCUT2D eigenvalue weighted by Crippen LogP contribution is -2.72. The molecule has 174 valence electrons. The molecule has 1 atom stereocenters. The molecule has 2 aliphatic heterocycles. The number of piperidine rings is 1. The van der Waals surface area contributed by atoms with Crippen LogP contribution in [0, 0.1) is 5.92 Å². The number of carboxylic acid groups (broad SMARTS) is 1. The van der Waals surface area contributed by atoms with Crippen molar-refractivity contribution in [1.29, 1.82) is 0 Å². The summed E-state index contributed by atoms with van der Waals surface area (Å²) in [6.07, 6.45) is -1.52. The number of hydrogen-bond acceptors (Lipinski definition) is 4. The Labute approximate surface area is 184 Å². The number of amides is 1. The molecule has 3 rings (SSSR count). The lowest BCUT2D eigenvalue weighted by atomic mass is 9.75. The van der Waals surface area contributed by atoms with Crippen LogP contribution in [0.4, 0.5) is 13.2 Å². The highest BCUT2D eigenvalue weighted by molar-refractivity contribution is 6.31. The summed E-state index contributed by atoms with van der Waals surface area (Å²) >= 11 is 6.17. The molecule has 1 aromatic rings. The minimum absolute atomic E-state index is 0.168. The van der Waals surface area contributed by atoms with Gasteiger partial charge in [-0.05, 0) is 50.4 Å². The predicted molar refractivity (Wildman–Crippen MR) is 110 cm³/mol. The number of aryl methyl sites for hydroxylation is 1. The molecule has 10 heteroatoms. The second kappa shape index (κ2) is 10.7. The van der Waals surface area contributed by atoms with Crippen molar-refractivity contribution in [2.24, 2.45) is 5.92 Å². The van der Waals surface area contributed by atoms with E-state index >= 15 is 0 Å². The first-order valence-corrected chi connectivity index (χ1v) is 10.4. The minimum atomic E-state index is -5.08. The van der Waals surface area contributed by atoms with Crippen LogP contribution in [0.5, 0.6) is 0 Å². The van der Waals surface area contributed by atoms with Gasteiger partial charge >= 0.3 is 12.1 Å². The number of halogens is 4. The fourth-order valence-corrected chi connectivity index (χ4v) is 4.33. The van der Waals surface area contributed by atoms with Gasteiger partial charge in [-0.2, -0.15) is 13.2 Å². The van der Waals surface area contributed by atoms with Gasteiger partial charge in [-0.1, -0.05) is 29.8 Å². The molecule has 0 radical (unpaired) electrons. The van der Waals surface area contributed by atoms with Crippen molar-refractivity contribution < 1.29 is 32.6 Å². The Bertz CT molecular complexity index is 769. The van der Waals surface area contributed by atoms with Crippen molar-refractivity contribution in [3.8, 4) is 0 Å². The molecule has 2 fully saturated rings. The zero-order valence-electron chi connectivity index (χ0n) is 17.6. The molecule has 2 saturated heterocycles. The van der Waals surface area contributed by atoms with Crippen LogP contribution in [0.3, 0.4) is 0 Å². The number of carboxylic acids is 1. The standard InChI is InChI=1S/C19H27ClN2O2.C2HF3O2/c1-21-10-9-15(12-24-2)11-19(21)13-22(14-19)18(23)8-7-16-5-3-4-6-17(16)20;3-2(4,5)1(6)7/h3-6,15H,7-14H2,1-2H3;(H,6,7). The summed E-state index contributed by atoms with van der Waals surface area (Å²) in [6.45, 7) is 3.63. The quantitative estimate of drug-likeness (QED) is 0.722. The van der Waals surface area contributed by atoms with E-state index in [2.05, 4.69) is 11.9 Å². The highest BCUT2D eigenvalue weighted by atomic mass is 35.5. The van der Waals surface area contributed by atoms with Crippen molar-refractivity contribution in [2.45, 2.75) is 37.4 Å². The van der Waals surface area contributed by atoms with Gasteiger partial charge in [-0.25, -0.2) is 4.79 Å². The first kappa shape index (κ1) is 25.4. The van der Waals surface area contributed by atoms with Crippen molar-refractivity contribution in [1.82, 2.24) is 9.80 Å². The Hall–Kier alpha value is -1.84. The van der Waals surface area contributed by atoms with Crippen molar-refractivity contribution >= 4 is 23.5 Å². The topological polar surface area (TPSA) is 70.1 Å². The summed E-state index contributed by atoms with van der Waals surface area (Å²) in [4.78, 5) is 25.8. The van der Waals surface area contributed by atoms with E-state index in [1.165, 1.54) is 6.42 Å². The van der Waals surface area contributed by atoms with Crippen LogP contribution in [-0.2, 0) is 20.7 Å². The zero-order chi connectivity index (χ0) is 23.2. The number of rotatable bonds is 5. The number of ether oxygens (including phenoxy) is 1. The van der Waals surface area contributed by atoms with Gasteiger partial charge in [0.2, 0.25) is 5.91 Å². The number of methoxy groups -OCH3 is 1. The van der Waals surface area contributed by atoms with Crippen molar-refractivity contribution in [3.05, 3.63) is 34.9 Å². The molecule has 0 aromatic heterocycles. The SMILES string of the molecule is COCC1CCN(C)C2(C1)CN(C(=O)CCc1ccccc1Cl)C2.O=C(O)C(F)(F)F. The van der Waals surface area contributed by atoms with Gasteiger partial charge in [0, 0.05) is 38.2 Å². The Morgan fingerprint density at radius 3 is 2.45 bits per heavy atom. The van der Waals surface area contributed by atoms with Gasteiger partial charge in [0.1, 0.15) is 0 Å². The number of aliphatic carboxylic acids is 1. The third-order valence-corrected chi connectivity index (χ3v) is 6.25. The number of benzene rings is 1. The molecule has 1 amide bonds. The Kier molecular flexibility index (Phi) is 8.73. The second-order valence-electron chi connectivity index (χ2n) is 8.10. The van der Waals surface area contributed by atoms with Crippen LogP contribution in [-0.4, -0.2) is 78.9 Å². The first-order valence-electron chi connectivity index (χ1n) is 10.00. The summed E-state index contributed by atoms with van der Waals surface area (Å²) in [5.41, 5.74) is 1.22. The van der Waals surface area contributed by atoms with Gasteiger partial charge in [0.05, 0.1) is 5.54 Å². The number of likely N-dealkylation sites (N-methyl/N-ethyl adjacent to an activating group) is 1. The molecule has 2 heterocycles. The number of nitrogens with zero attached hydrogens (tertiary/aromatic N) is 2. The van der Waals surface area contributed by atoms with Crippen LogP contribution in [0.15, 0.2) is 24.3 Å². The molecule has 1 N–H and O–H groups in total. The van der Waals surface area contributed by atoms with Crippen LogP contribution >= 0.6 is 11.6 Å². The average molecular weight is 465 g/mol. The molecule has 31 heavy (non-hydrogen) atoms. The maximum Gasteiger partial charge on any atom is 0.490 e. The lowest BCUT2D eigenvalue weighted by molar-refractivity contribution is -0.192. The van der Waals surface area contributed by atoms with Crippen LogP contribution in [0.1, 0.15) is 24.8 Å². The largest absolute Gasteiger partial charge is 0.490 e. The Balaban J connectivity index is 0.000000423. The van der Waals surface area contributed by atoms with E-state index in [4.69, 9.17) is 26.2 Å². The van der Waals surface area contributed by atoms with E-state index < -0.39 is 12.1 Å². The molecule has 0 saturated carbocycles.